The van der Waals surface area contributed by atoms with Crippen LogP contribution in [0.3, 0.4) is 0 Å². The number of carbonyl (C=O) groups is 2. The number of ether oxygens (including phenoxy) is 3. The van der Waals surface area contributed by atoms with Crippen molar-refractivity contribution < 1.29 is 23.8 Å². The zero-order valence-corrected chi connectivity index (χ0v) is 19.8. The van der Waals surface area contributed by atoms with Crippen molar-refractivity contribution in [3.63, 3.8) is 0 Å². The van der Waals surface area contributed by atoms with E-state index in [0.29, 0.717) is 29.4 Å². The molecule has 0 N–H and O–H groups in total. The summed E-state index contributed by atoms with van der Waals surface area (Å²) in [7, 11) is 0. The SMILES string of the molecule is C=CC(=O)OC(C)CC(C)Oc1ccc(C(=O)Oc2ccc(C3CCC(C)CC3)cc2)cc1. The van der Waals surface area contributed by atoms with Gasteiger partial charge in [0.1, 0.15) is 17.6 Å². The summed E-state index contributed by atoms with van der Waals surface area (Å²) in [6.07, 6.45) is 6.25. The van der Waals surface area contributed by atoms with Gasteiger partial charge < -0.3 is 14.2 Å². The van der Waals surface area contributed by atoms with Gasteiger partial charge in [0.05, 0.1) is 11.7 Å². The Bertz CT molecular complexity index is 924. The molecule has 5 heteroatoms. The number of hydrogen-bond acceptors (Lipinski definition) is 5. The normalized spacial score (nSPS) is 19.7. The van der Waals surface area contributed by atoms with Crippen LogP contribution in [0.2, 0.25) is 0 Å². The first-order valence-corrected chi connectivity index (χ1v) is 11.8. The second-order valence-corrected chi connectivity index (χ2v) is 9.06. The Morgan fingerprint density at radius 3 is 2.15 bits per heavy atom. The first-order valence-electron chi connectivity index (χ1n) is 11.8. The lowest BCUT2D eigenvalue weighted by atomic mass is 9.79. The van der Waals surface area contributed by atoms with E-state index in [1.54, 1.807) is 24.3 Å². The van der Waals surface area contributed by atoms with Gasteiger partial charge in [-0.3, -0.25) is 0 Å². The number of carbonyl (C=O) groups excluding carboxylic acids is 2. The van der Waals surface area contributed by atoms with Gasteiger partial charge in [-0.2, -0.15) is 0 Å². The Labute approximate surface area is 196 Å². The van der Waals surface area contributed by atoms with Crippen LogP contribution in [0.25, 0.3) is 0 Å². The van der Waals surface area contributed by atoms with Gasteiger partial charge in [-0.1, -0.05) is 38.5 Å². The summed E-state index contributed by atoms with van der Waals surface area (Å²) < 4.78 is 16.6. The van der Waals surface area contributed by atoms with Crippen molar-refractivity contribution >= 4 is 11.9 Å². The van der Waals surface area contributed by atoms with Crippen LogP contribution in [0.4, 0.5) is 0 Å². The highest BCUT2D eigenvalue weighted by Gasteiger charge is 2.20. The largest absolute Gasteiger partial charge is 0.491 e. The molecule has 0 aliphatic heterocycles. The fourth-order valence-corrected chi connectivity index (χ4v) is 4.28. The maximum absolute atomic E-state index is 12.5. The molecule has 5 nitrogen and oxygen atoms in total. The van der Waals surface area contributed by atoms with Crippen LogP contribution in [0.5, 0.6) is 11.5 Å². The number of esters is 2. The van der Waals surface area contributed by atoms with Crippen LogP contribution in [0.15, 0.2) is 61.2 Å². The summed E-state index contributed by atoms with van der Waals surface area (Å²) in [5.41, 5.74) is 1.78. The summed E-state index contributed by atoms with van der Waals surface area (Å²) in [6.45, 7) is 9.42. The summed E-state index contributed by atoms with van der Waals surface area (Å²) in [5.74, 6) is 1.76. The van der Waals surface area contributed by atoms with E-state index in [1.807, 2.05) is 26.0 Å². The molecule has 0 heterocycles. The molecule has 0 aromatic heterocycles. The minimum absolute atomic E-state index is 0.165. The molecule has 1 fully saturated rings. The van der Waals surface area contributed by atoms with Crippen molar-refractivity contribution in [3.8, 4) is 11.5 Å². The highest BCUT2D eigenvalue weighted by Crippen LogP contribution is 2.36. The summed E-state index contributed by atoms with van der Waals surface area (Å²) in [6, 6.07) is 14.8. The zero-order chi connectivity index (χ0) is 23.8. The maximum Gasteiger partial charge on any atom is 0.343 e. The van der Waals surface area contributed by atoms with Gasteiger partial charge in [-0.15, -0.1) is 0 Å². The minimum atomic E-state index is -0.448. The Hall–Kier alpha value is -3.08. The van der Waals surface area contributed by atoms with Crippen molar-refractivity contribution in [1.82, 2.24) is 0 Å². The molecule has 2 atom stereocenters. The maximum atomic E-state index is 12.5. The molecule has 3 rings (SSSR count). The lowest BCUT2D eigenvalue weighted by Gasteiger charge is -2.26. The first kappa shape index (κ1) is 24.6. The summed E-state index contributed by atoms with van der Waals surface area (Å²) in [4.78, 5) is 23.8. The molecule has 0 spiro atoms. The molecular weight excluding hydrogens is 416 g/mol. The summed E-state index contributed by atoms with van der Waals surface area (Å²) in [5, 5.41) is 0. The monoisotopic (exact) mass is 450 g/mol. The van der Waals surface area contributed by atoms with E-state index >= 15 is 0 Å². The molecule has 2 aromatic carbocycles. The average Bonchev–Trinajstić information content (AvgIpc) is 2.80. The van der Waals surface area contributed by atoms with E-state index in [-0.39, 0.29) is 12.2 Å². The Kier molecular flexibility index (Phi) is 8.70. The molecule has 1 aliphatic rings. The van der Waals surface area contributed by atoms with E-state index in [1.165, 1.54) is 31.2 Å². The van der Waals surface area contributed by atoms with E-state index in [4.69, 9.17) is 14.2 Å². The van der Waals surface area contributed by atoms with Crippen LogP contribution in [0.1, 0.15) is 74.7 Å². The second kappa shape index (κ2) is 11.7. The molecule has 0 bridgehead atoms. The van der Waals surface area contributed by atoms with Crippen LogP contribution in [0, 0.1) is 5.92 Å². The zero-order valence-electron chi connectivity index (χ0n) is 19.8. The summed E-state index contributed by atoms with van der Waals surface area (Å²) >= 11 is 0. The molecule has 33 heavy (non-hydrogen) atoms. The van der Waals surface area contributed by atoms with Gasteiger partial charge in [0, 0.05) is 12.5 Å². The fraction of sp³-hybridized carbons (Fsp3) is 0.429. The predicted octanol–water partition coefficient (Wildman–Crippen LogP) is 6.47. The highest BCUT2D eigenvalue weighted by atomic mass is 16.5. The lowest BCUT2D eigenvalue weighted by Crippen LogP contribution is -2.22. The molecule has 0 amide bonds. The van der Waals surface area contributed by atoms with Crippen LogP contribution >= 0.6 is 0 Å². The lowest BCUT2D eigenvalue weighted by molar-refractivity contribution is -0.143. The second-order valence-electron chi connectivity index (χ2n) is 9.06. The number of benzene rings is 2. The Balaban J connectivity index is 1.49. The van der Waals surface area contributed by atoms with E-state index in [0.717, 1.165) is 12.0 Å². The molecule has 0 radical (unpaired) electrons. The molecular formula is C28H34O5. The molecule has 0 saturated heterocycles. The first-order chi connectivity index (χ1) is 15.8. The van der Waals surface area contributed by atoms with Gasteiger partial charge in [0.15, 0.2) is 0 Å². The quantitative estimate of drug-likeness (QED) is 0.249. The molecule has 1 saturated carbocycles. The van der Waals surface area contributed by atoms with Crippen molar-refractivity contribution in [2.45, 2.75) is 71.0 Å². The van der Waals surface area contributed by atoms with Gasteiger partial charge in [-0.25, -0.2) is 9.59 Å². The molecule has 2 unspecified atom stereocenters. The smallest absolute Gasteiger partial charge is 0.343 e. The van der Waals surface area contributed by atoms with Crippen LogP contribution in [-0.2, 0) is 9.53 Å². The standard InChI is InChI=1S/C28H34O5/c1-5-27(29)32-21(4)18-20(3)31-25-16-12-24(13-17-25)28(30)33-26-14-10-23(11-15-26)22-8-6-19(2)7-9-22/h5,10-17,19-22H,1,6-9,18H2,2-4H3. The third-order valence-electron chi connectivity index (χ3n) is 6.15. The van der Waals surface area contributed by atoms with Crippen molar-refractivity contribution in [2.75, 3.05) is 0 Å². The molecule has 176 valence electrons. The van der Waals surface area contributed by atoms with Gasteiger partial charge in [0.2, 0.25) is 0 Å². The number of rotatable bonds is 9. The van der Waals surface area contributed by atoms with Crippen molar-refractivity contribution in [1.29, 1.82) is 0 Å². The third-order valence-corrected chi connectivity index (χ3v) is 6.15. The number of hydrogen-bond donors (Lipinski definition) is 0. The predicted molar refractivity (Wildman–Crippen MR) is 129 cm³/mol. The average molecular weight is 451 g/mol. The fourth-order valence-electron chi connectivity index (χ4n) is 4.28. The van der Waals surface area contributed by atoms with E-state index in [2.05, 4.69) is 25.6 Å². The van der Waals surface area contributed by atoms with Crippen molar-refractivity contribution in [3.05, 3.63) is 72.3 Å². The van der Waals surface area contributed by atoms with E-state index < -0.39 is 11.9 Å². The van der Waals surface area contributed by atoms with Gasteiger partial charge in [-0.05, 0) is 80.5 Å². The topological polar surface area (TPSA) is 61.8 Å². The molecule has 1 aliphatic carbocycles. The highest BCUT2D eigenvalue weighted by molar-refractivity contribution is 5.91. The Morgan fingerprint density at radius 1 is 0.939 bits per heavy atom. The Morgan fingerprint density at radius 2 is 1.55 bits per heavy atom. The van der Waals surface area contributed by atoms with Gasteiger partial charge in [0.25, 0.3) is 0 Å². The van der Waals surface area contributed by atoms with Crippen LogP contribution in [-0.4, -0.2) is 24.1 Å². The minimum Gasteiger partial charge on any atom is -0.491 e. The van der Waals surface area contributed by atoms with E-state index in [9.17, 15) is 9.59 Å². The van der Waals surface area contributed by atoms with Crippen LogP contribution < -0.4 is 9.47 Å². The van der Waals surface area contributed by atoms with Gasteiger partial charge >= 0.3 is 11.9 Å². The third kappa shape index (κ3) is 7.48. The molecule has 2 aromatic rings. The van der Waals surface area contributed by atoms with Crippen molar-refractivity contribution in [2.24, 2.45) is 5.92 Å².